The molecular weight excluding hydrogens is 580 g/mol. The van der Waals surface area contributed by atoms with Crippen LogP contribution in [-0.4, -0.2) is 52.5 Å². The highest BCUT2D eigenvalue weighted by atomic mass is 32.2. The van der Waals surface area contributed by atoms with Crippen LogP contribution in [0, 0.1) is 0 Å². The third-order valence-electron chi connectivity index (χ3n) is 6.40. The Morgan fingerprint density at radius 3 is 1.95 bits per heavy atom. The number of carbonyl (C=O) groups is 3. The number of carbonyl (C=O) groups excluding carboxylic acids is 3. The first-order valence-electron chi connectivity index (χ1n) is 13.4. The van der Waals surface area contributed by atoms with Crippen molar-refractivity contribution in [1.29, 1.82) is 0 Å². The van der Waals surface area contributed by atoms with Crippen LogP contribution in [0.25, 0.3) is 17.1 Å². The van der Waals surface area contributed by atoms with Crippen LogP contribution in [0.5, 0.6) is 11.5 Å². The van der Waals surface area contributed by atoms with Crippen LogP contribution in [0.3, 0.4) is 0 Å². The molecule has 4 aromatic carbocycles. The van der Waals surface area contributed by atoms with Crippen molar-refractivity contribution in [3.8, 4) is 28.6 Å². The maximum atomic E-state index is 12.6. The number of anilines is 1. The van der Waals surface area contributed by atoms with Crippen LogP contribution in [0.4, 0.5) is 5.69 Å². The smallest absolute Gasteiger partial charge is 0.269 e. The number of nitrogens with zero attached hydrogens (tertiary/aromatic N) is 3. The van der Waals surface area contributed by atoms with Gasteiger partial charge in [-0.05, 0) is 84.9 Å². The van der Waals surface area contributed by atoms with Crippen LogP contribution in [0.2, 0.25) is 0 Å². The molecule has 0 aliphatic carbocycles. The number of aromatic nitrogens is 3. The summed E-state index contributed by atoms with van der Waals surface area (Å²) in [7, 11) is 3.13. The Hall–Kier alpha value is -5.62. The van der Waals surface area contributed by atoms with Gasteiger partial charge in [-0.15, -0.1) is 10.2 Å². The molecule has 1 heterocycles. The molecule has 12 heteroatoms. The van der Waals surface area contributed by atoms with Gasteiger partial charge in [0.1, 0.15) is 11.5 Å². The van der Waals surface area contributed by atoms with Crippen molar-refractivity contribution in [2.75, 3.05) is 25.3 Å². The Bertz CT molecular complexity index is 1740. The Morgan fingerprint density at radius 1 is 0.705 bits per heavy atom. The Balaban J connectivity index is 1.30. The minimum absolute atomic E-state index is 0.0400. The number of hydrazine groups is 1. The zero-order chi connectivity index (χ0) is 30.9. The summed E-state index contributed by atoms with van der Waals surface area (Å²) in [6.45, 7) is 0. The second-order valence-corrected chi connectivity index (χ2v) is 10.2. The zero-order valence-corrected chi connectivity index (χ0v) is 24.6. The molecule has 11 nitrogen and oxygen atoms in total. The number of hydrogen-bond acceptors (Lipinski definition) is 8. The average molecular weight is 609 g/mol. The van der Waals surface area contributed by atoms with E-state index in [0.717, 1.165) is 23.0 Å². The van der Waals surface area contributed by atoms with Crippen molar-refractivity contribution in [2.24, 2.45) is 0 Å². The first-order chi connectivity index (χ1) is 21.4. The van der Waals surface area contributed by atoms with Crippen molar-refractivity contribution >= 4 is 35.2 Å². The monoisotopic (exact) mass is 608 g/mol. The van der Waals surface area contributed by atoms with Gasteiger partial charge in [-0.3, -0.25) is 29.8 Å². The highest BCUT2D eigenvalue weighted by Gasteiger charge is 2.18. The summed E-state index contributed by atoms with van der Waals surface area (Å²) in [6, 6.07) is 30.1. The van der Waals surface area contributed by atoms with Crippen LogP contribution >= 0.6 is 11.8 Å². The summed E-state index contributed by atoms with van der Waals surface area (Å²) in [4.78, 5) is 37.6. The molecule has 0 bridgehead atoms. The fraction of sp³-hybridized carbons (Fsp3) is 0.0938. The van der Waals surface area contributed by atoms with Gasteiger partial charge in [-0.2, -0.15) is 0 Å². The average Bonchev–Trinajstić information content (AvgIpc) is 3.51. The molecule has 0 aliphatic rings. The summed E-state index contributed by atoms with van der Waals surface area (Å²) in [6.07, 6.45) is 0. The Labute approximate surface area is 257 Å². The van der Waals surface area contributed by atoms with E-state index in [2.05, 4.69) is 26.4 Å². The van der Waals surface area contributed by atoms with Crippen molar-refractivity contribution in [3.63, 3.8) is 0 Å². The molecule has 1 aromatic heterocycles. The molecule has 222 valence electrons. The van der Waals surface area contributed by atoms with E-state index in [9.17, 15) is 14.4 Å². The number of amides is 3. The fourth-order valence-corrected chi connectivity index (χ4v) is 4.87. The number of nitrogens with one attached hydrogen (secondary N) is 3. The van der Waals surface area contributed by atoms with E-state index in [1.165, 1.54) is 7.11 Å². The van der Waals surface area contributed by atoms with E-state index < -0.39 is 11.8 Å². The van der Waals surface area contributed by atoms with E-state index in [0.29, 0.717) is 39.3 Å². The van der Waals surface area contributed by atoms with E-state index in [-0.39, 0.29) is 11.7 Å². The lowest BCUT2D eigenvalue weighted by Gasteiger charge is -2.12. The van der Waals surface area contributed by atoms with Gasteiger partial charge < -0.3 is 14.8 Å². The standard InChI is InChI=1S/C32H28N6O5S/c1-42-26-16-10-23(11-17-26)31(41)36-34-28(39)20-44-32-37-35-29(38(32)25-14-18-27(43-2)19-15-25)21-8-12-24(13-9-21)33-30(40)22-6-4-3-5-7-22/h3-19H,20H2,1-2H3,(H,33,40)(H,34,39)(H,36,41). The molecule has 3 N–H and O–H groups in total. The van der Waals surface area contributed by atoms with Gasteiger partial charge in [-0.1, -0.05) is 30.0 Å². The minimum Gasteiger partial charge on any atom is -0.497 e. The molecule has 44 heavy (non-hydrogen) atoms. The quantitative estimate of drug-likeness (QED) is 0.153. The highest BCUT2D eigenvalue weighted by molar-refractivity contribution is 7.99. The number of methoxy groups -OCH3 is 2. The third-order valence-corrected chi connectivity index (χ3v) is 7.33. The predicted molar refractivity (Wildman–Crippen MR) is 167 cm³/mol. The summed E-state index contributed by atoms with van der Waals surface area (Å²) in [5.74, 6) is 0.695. The number of hydrogen-bond donors (Lipinski definition) is 3. The third kappa shape index (κ3) is 7.23. The van der Waals surface area contributed by atoms with Crippen LogP contribution in [0.15, 0.2) is 108 Å². The van der Waals surface area contributed by atoms with Crippen LogP contribution < -0.4 is 25.6 Å². The Morgan fingerprint density at radius 2 is 1.32 bits per heavy atom. The number of benzene rings is 4. The number of thioether (sulfide) groups is 1. The first-order valence-corrected chi connectivity index (χ1v) is 14.4. The second-order valence-electron chi connectivity index (χ2n) is 9.26. The molecule has 0 saturated heterocycles. The van der Waals surface area contributed by atoms with E-state index in [1.54, 1.807) is 55.6 Å². The van der Waals surface area contributed by atoms with Crippen molar-refractivity contribution < 1.29 is 23.9 Å². The van der Waals surface area contributed by atoms with Crippen LogP contribution in [0.1, 0.15) is 20.7 Å². The highest BCUT2D eigenvalue weighted by Crippen LogP contribution is 2.29. The summed E-state index contributed by atoms with van der Waals surface area (Å²) in [5.41, 5.74) is 7.89. The number of ether oxygens (including phenoxy) is 2. The summed E-state index contributed by atoms with van der Waals surface area (Å²) >= 11 is 1.16. The molecule has 0 radical (unpaired) electrons. The van der Waals surface area contributed by atoms with Crippen molar-refractivity contribution in [1.82, 2.24) is 25.6 Å². The van der Waals surface area contributed by atoms with Gasteiger partial charge in [0.05, 0.1) is 20.0 Å². The number of rotatable bonds is 10. The van der Waals surface area contributed by atoms with Crippen molar-refractivity contribution in [2.45, 2.75) is 5.16 Å². The molecule has 5 rings (SSSR count). The molecule has 3 amide bonds. The maximum Gasteiger partial charge on any atom is 0.269 e. The van der Waals surface area contributed by atoms with Crippen molar-refractivity contribution in [3.05, 3.63) is 114 Å². The lowest BCUT2D eigenvalue weighted by Crippen LogP contribution is -2.42. The summed E-state index contributed by atoms with van der Waals surface area (Å²) in [5, 5.41) is 12.1. The molecule has 5 aromatic rings. The SMILES string of the molecule is COc1ccc(C(=O)NNC(=O)CSc2nnc(-c3ccc(NC(=O)c4ccccc4)cc3)n2-c2ccc(OC)cc2)cc1. The lowest BCUT2D eigenvalue weighted by atomic mass is 10.1. The molecule has 0 aliphatic heterocycles. The Kier molecular flexibility index (Phi) is 9.52. The zero-order valence-electron chi connectivity index (χ0n) is 23.8. The minimum atomic E-state index is -0.460. The fourth-order valence-electron chi connectivity index (χ4n) is 4.12. The maximum absolute atomic E-state index is 12.6. The first kappa shape index (κ1) is 29.9. The predicted octanol–water partition coefficient (Wildman–Crippen LogP) is 4.76. The second kappa shape index (κ2) is 14.0. The largest absolute Gasteiger partial charge is 0.497 e. The van der Waals surface area contributed by atoms with E-state index in [1.807, 2.05) is 59.2 Å². The van der Waals surface area contributed by atoms with Crippen LogP contribution in [-0.2, 0) is 4.79 Å². The van der Waals surface area contributed by atoms with Gasteiger partial charge in [0.25, 0.3) is 11.8 Å². The molecule has 0 unspecified atom stereocenters. The van der Waals surface area contributed by atoms with Gasteiger partial charge >= 0.3 is 0 Å². The van der Waals surface area contributed by atoms with E-state index in [4.69, 9.17) is 9.47 Å². The molecule has 0 atom stereocenters. The summed E-state index contributed by atoms with van der Waals surface area (Å²) < 4.78 is 12.2. The topological polar surface area (TPSA) is 136 Å². The van der Waals surface area contributed by atoms with Gasteiger partial charge in [-0.25, -0.2) is 0 Å². The van der Waals surface area contributed by atoms with Gasteiger partial charge in [0, 0.05) is 28.1 Å². The van der Waals surface area contributed by atoms with Gasteiger partial charge in [0.15, 0.2) is 11.0 Å². The lowest BCUT2D eigenvalue weighted by molar-refractivity contribution is -0.119. The van der Waals surface area contributed by atoms with E-state index >= 15 is 0 Å². The molecule has 0 fully saturated rings. The van der Waals surface area contributed by atoms with Gasteiger partial charge in [0.2, 0.25) is 5.91 Å². The molecule has 0 spiro atoms. The normalized spacial score (nSPS) is 10.5. The molecular formula is C32H28N6O5S. The molecule has 0 saturated carbocycles.